The minimum Gasteiger partial charge on any atom is -0.494 e. The number of amides is 1. The third-order valence-corrected chi connectivity index (χ3v) is 5.05. The summed E-state index contributed by atoms with van der Waals surface area (Å²) in [6.07, 6.45) is 6.24. The maximum atomic E-state index is 13.2. The van der Waals surface area contributed by atoms with Gasteiger partial charge in [-0.15, -0.1) is 0 Å². The van der Waals surface area contributed by atoms with Crippen molar-refractivity contribution < 1.29 is 9.53 Å². The summed E-state index contributed by atoms with van der Waals surface area (Å²) in [5.41, 5.74) is 1.56. The van der Waals surface area contributed by atoms with Gasteiger partial charge in [-0.3, -0.25) is 4.79 Å². The fraction of sp³-hybridized carbons (Fsp3) is 0.409. The first-order valence-electron chi connectivity index (χ1n) is 9.34. The number of ether oxygens (including phenoxy) is 1. The second-order valence-electron chi connectivity index (χ2n) is 6.84. The molecule has 1 aliphatic carbocycles. The molecule has 132 valence electrons. The van der Waals surface area contributed by atoms with E-state index in [1.54, 1.807) is 0 Å². The van der Waals surface area contributed by atoms with Gasteiger partial charge in [-0.2, -0.15) is 0 Å². The molecule has 0 radical (unpaired) electrons. The highest BCUT2D eigenvalue weighted by molar-refractivity contribution is 5.99. The Morgan fingerprint density at radius 3 is 2.32 bits per heavy atom. The summed E-state index contributed by atoms with van der Waals surface area (Å²) < 4.78 is 5.61. The van der Waals surface area contributed by atoms with Crippen LogP contribution in [0.1, 0.15) is 51.0 Å². The second kappa shape index (κ2) is 8.19. The lowest BCUT2D eigenvalue weighted by atomic mass is 9.68. The van der Waals surface area contributed by atoms with Gasteiger partial charge in [0.1, 0.15) is 5.75 Å². The molecule has 3 rings (SSSR count). The molecular weight excluding hydrogens is 310 g/mol. The molecule has 3 heteroatoms. The summed E-state index contributed by atoms with van der Waals surface area (Å²) in [6.45, 7) is 2.80. The van der Waals surface area contributed by atoms with Crippen LogP contribution in [0, 0.1) is 0 Å². The third-order valence-electron chi connectivity index (χ3n) is 5.05. The molecule has 2 aromatic carbocycles. The highest BCUT2D eigenvalue weighted by atomic mass is 16.5. The van der Waals surface area contributed by atoms with Crippen LogP contribution in [0.2, 0.25) is 0 Å². The van der Waals surface area contributed by atoms with Crippen molar-refractivity contribution in [3.05, 3.63) is 60.2 Å². The molecule has 0 atom stereocenters. The summed E-state index contributed by atoms with van der Waals surface area (Å²) in [7, 11) is 0. The van der Waals surface area contributed by atoms with E-state index in [0.717, 1.165) is 49.1 Å². The van der Waals surface area contributed by atoms with Crippen LogP contribution < -0.4 is 10.1 Å². The van der Waals surface area contributed by atoms with Crippen LogP contribution in [0.3, 0.4) is 0 Å². The van der Waals surface area contributed by atoms with Crippen molar-refractivity contribution in [1.29, 1.82) is 0 Å². The maximum Gasteiger partial charge on any atom is 0.235 e. The number of hydrogen-bond donors (Lipinski definition) is 1. The van der Waals surface area contributed by atoms with Gasteiger partial charge in [-0.05, 0) is 49.1 Å². The van der Waals surface area contributed by atoms with Gasteiger partial charge in [0.25, 0.3) is 0 Å². The Labute approximate surface area is 150 Å². The van der Waals surface area contributed by atoms with Crippen molar-refractivity contribution in [2.24, 2.45) is 0 Å². The van der Waals surface area contributed by atoms with Crippen LogP contribution >= 0.6 is 0 Å². The highest BCUT2D eigenvalue weighted by Crippen LogP contribution is 2.40. The molecule has 1 amide bonds. The number of carbonyl (C=O) groups excluding carboxylic acids is 1. The maximum absolute atomic E-state index is 13.2. The smallest absolute Gasteiger partial charge is 0.235 e. The molecule has 0 bridgehead atoms. The number of hydrogen-bond acceptors (Lipinski definition) is 2. The zero-order valence-electron chi connectivity index (χ0n) is 15.0. The molecule has 0 aliphatic heterocycles. The van der Waals surface area contributed by atoms with Gasteiger partial charge >= 0.3 is 0 Å². The Bertz CT molecular complexity index is 673. The topological polar surface area (TPSA) is 38.3 Å². The van der Waals surface area contributed by atoms with Crippen LogP contribution in [0.5, 0.6) is 5.75 Å². The van der Waals surface area contributed by atoms with Gasteiger partial charge in [0, 0.05) is 5.69 Å². The number of carbonyl (C=O) groups is 1. The van der Waals surface area contributed by atoms with Crippen LogP contribution in [-0.4, -0.2) is 12.5 Å². The lowest BCUT2D eigenvalue weighted by Crippen LogP contribution is -2.42. The van der Waals surface area contributed by atoms with E-state index >= 15 is 0 Å². The average Bonchev–Trinajstić information content (AvgIpc) is 2.68. The van der Waals surface area contributed by atoms with Gasteiger partial charge < -0.3 is 10.1 Å². The number of rotatable bonds is 6. The van der Waals surface area contributed by atoms with E-state index < -0.39 is 5.41 Å². The second-order valence-corrected chi connectivity index (χ2v) is 6.84. The van der Waals surface area contributed by atoms with E-state index in [1.165, 1.54) is 6.42 Å². The van der Waals surface area contributed by atoms with Crippen molar-refractivity contribution in [2.45, 2.75) is 50.9 Å². The molecule has 1 aliphatic rings. The Balaban J connectivity index is 1.77. The van der Waals surface area contributed by atoms with E-state index in [9.17, 15) is 4.79 Å². The standard InChI is InChI=1S/C22H27NO2/c1-2-17-25-20-13-11-19(12-14-20)23-21(24)22(15-7-4-8-16-22)18-9-5-3-6-10-18/h3,5-6,9-14H,2,4,7-8,15-17H2,1H3,(H,23,24). The van der Waals surface area contributed by atoms with E-state index in [0.29, 0.717) is 6.61 Å². The van der Waals surface area contributed by atoms with Crippen molar-refractivity contribution >= 4 is 11.6 Å². The summed E-state index contributed by atoms with van der Waals surface area (Å²) in [5.74, 6) is 0.955. The predicted octanol–water partition coefficient (Wildman–Crippen LogP) is 5.32. The summed E-state index contributed by atoms with van der Waals surface area (Å²) in [5, 5.41) is 3.14. The molecule has 0 heterocycles. The molecule has 0 aromatic heterocycles. The zero-order chi connectivity index (χ0) is 17.5. The van der Waals surface area contributed by atoms with Gasteiger partial charge in [0.2, 0.25) is 5.91 Å². The lowest BCUT2D eigenvalue weighted by molar-refractivity contribution is -0.122. The van der Waals surface area contributed by atoms with Gasteiger partial charge in [0.05, 0.1) is 12.0 Å². The quantitative estimate of drug-likeness (QED) is 0.775. The molecular formula is C22H27NO2. The molecule has 25 heavy (non-hydrogen) atoms. The van der Waals surface area contributed by atoms with E-state index in [2.05, 4.69) is 24.4 Å². The molecule has 3 nitrogen and oxygen atoms in total. The van der Waals surface area contributed by atoms with Gasteiger partial charge in [-0.1, -0.05) is 56.5 Å². The Hall–Kier alpha value is -2.29. The molecule has 1 saturated carbocycles. The van der Waals surface area contributed by atoms with Crippen LogP contribution in [0.15, 0.2) is 54.6 Å². The average molecular weight is 337 g/mol. The molecule has 1 fully saturated rings. The number of nitrogens with one attached hydrogen (secondary N) is 1. The normalized spacial score (nSPS) is 16.2. The Kier molecular flexibility index (Phi) is 5.75. The molecule has 0 unspecified atom stereocenters. The van der Waals surface area contributed by atoms with Crippen molar-refractivity contribution in [2.75, 3.05) is 11.9 Å². The first-order valence-corrected chi connectivity index (χ1v) is 9.34. The largest absolute Gasteiger partial charge is 0.494 e. The van der Waals surface area contributed by atoms with E-state index in [1.807, 2.05) is 42.5 Å². The minimum atomic E-state index is -0.406. The summed E-state index contributed by atoms with van der Waals surface area (Å²) in [4.78, 5) is 13.2. The number of anilines is 1. The van der Waals surface area contributed by atoms with Crippen LogP contribution in [0.4, 0.5) is 5.69 Å². The van der Waals surface area contributed by atoms with Gasteiger partial charge in [0.15, 0.2) is 0 Å². The SMILES string of the molecule is CCCOc1ccc(NC(=O)C2(c3ccccc3)CCCCC2)cc1. The minimum absolute atomic E-state index is 0.112. The van der Waals surface area contributed by atoms with Crippen LogP contribution in [-0.2, 0) is 10.2 Å². The summed E-state index contributed by atoms with van der Waals surface area (Å²) >= 11 is 0. The van der Waals surface area contributed by atoms with E-state index in [-0.39, 0.29) is 5.91 Å². The fourth-order valence-corrected chi connectivity index (χ4v) is 3.66. The van der Waals surface area contributed by atoms with Crippen LogP contribution in [0.25, 0.3) is 0 Å². The molecule has 0 spiro atoms. The fourth-order valence-electron chi connectivity index (χ4n) is 3.66. The lowest BCUT2D eigenvalue weighted by Gasteiger charge is -2.36. The predicted molar refractivity (Wildman–Crippen MR) is 102 cm³/mol. The monoisotopic (exact) mass is 337 g/mol. The summed E-state index contributed by atoms with van der Waals surface area (Å²) in [6, 6.07) is 17.9. The molecule has 1 N–H and O–H groups in total. The Morgan fingerprint density at radius 1 is 1.00 bits per heavy atom. The molecule has 2 aromatic rings. The molecule has 0 saturated heterocycles. The zero-order valence-corrected chi connectivity index (χ0v) is 15.0. The third kappa shape index (κ3) is 4.04. The van der Waals surface area contributed by atoms with E-state index in [4.69, 9.17) is 4.74 Å². The highest BCUT2D eigenvalue weighted by Gasteiger charge is 2.40. The first-order chi connectivity index (χ1) is 12.2. The van der Waals surface area contributed by atoms with Crippen molar-refractivity contribution in [3.8, 4) is 5.75 Å². The van der Waals surface area contributed by atoms with Gasteiger partial charge in [-0.25, -0.2) is 0 Å². The van der Waals surface area contributed by atoms with Crippen molar-refractivity contribution in [3.63, 3.8) is 0 Å². The number of benzene rings is 2. The Morgan fingerprint density at radius 2 is 1.68 bits per heavy atom. The first kappa shape index (κ1) is 17.5. The van der Waals surface area contributed by atoms with Crippen molar-refractivity contribution in [1.82, 2.24) is 0 Å².